The molecule has 0 saturated heterocycles. The Balaban J connectivity index is 2.16. The Morgan fingerprint density at radius 2 is 1.68 bits per heavy atom. The molecule has 0 aromatic heterocycles. The number of ether oxygens (including phenoxy) is 2. The van der Waals surface area contributed by atoms with Crippen molar-refractivity contribution in [2.45, 2.75) is 0 Å². The number of aliphatic hydroxyl groups is 1. The van der Waals surface area contributed by atoms with E-state index >= 15 is 0 Å². The zero-order chi connectivity index (χ0) is 18.0. The fourth-order valence-corrected chi connectivity index (χ4v) is 2.54. The summed E-state index contributed by atoms with van der Waals surface area (Å²) in [7, 11) is 1.51. The third-order valence-electron chi connectivity index (χ3n) is 3.73. The van der Waals surface area contributed by atoms with Crippen LogP contribution >= 0.6 is 0 Å². The van der Waals surface area contributed by atoms with Crippen molar-refractivity contribution in [3.63, 3.8) is 0 Å². The van der Waals surface area contributed by atoms with Crippen molar-refractivity contribution in [1.82, 2.24) is 0 Å². The van der Waals surface area contributed by atoms with Crippen LogP contribution in [0.5, 0.6) is 5.75 Å². The topological polar surface area (TPSA) is 93.1 Å². The Hall–Kier alpha value is -3.54. The molecule has 0 unspecified atom stereocenters. The van der Waals surface area contributed by atoms with E-state index in [2.05, 4.69) is 0 Å². The first-order valence-corrected chi connectivity index (χ1v) is 7.36. The van der Waals surface area contributed by atoms with Crippen LogP contribution in [-0.2, 0) is 14.3 Å². The van der Waals surface area contributed by atoms with Gasteiger partial charge in [-0.15, -0.1) is 0 Å². The standard InChI is InChI=1S/C19H14O6/c1-24-13-9-7-12(8-10-13)14-16(20)17(25-19(14)23)15(18(21)22)11-5-3-2-4-6-11/h2-10,20H,1H3,(H,21,22)/b17-15+. The molecule has 1 heterocycles. The average Bonchev–Trinajstić information content (AvgIpc) is 2.90. The number of esters is 1. The molecular formula is C19H14O6. The number of carbonyl (C=O) groups excluding carboxylic acids is 1. The monoisotopic (exact) mass is 338 g/mol. The van der Waals surface area contributed by atoms with E-state index in [0.29, 0.717) is 16.9 Å². The number of carbonyl (C=O) groups is 2. The molecule has 6 heteroatoms. The van der Waals surface area contributed by atoms with Crippen molar-refractivity contribution >= 4 is 23.1 Å². The van der Waals surface area contributed by atoms with Crippen molar-refractivity contribution < 1.29 is 29.3 Å². The summed E-state index contributed by atoms with van der Waals surface area (Å²) in [5, 5.41) is 20.0. The molecule has 0 aliphatic carbocycles. The van der Waals surface area contributed by atoms with Gasteiger partial charge in [0, 0.05) is 0 Å². The zero-order valence-corrected chi connectivity index (χ0v) is 13.2. The lowest BCUT2D eigenvalue weighted by atomic mass is 10.0. The average molecular weight is 338 g/mol. The summed E-state index contributed by atoms with van der Waals surface area (Å²) in [6.45, 7) is 0. The minimum Gasteiger partial charge on any atom is -0.504 e. The number of aliphatic hydroxyl groups excluding tert-OH is 1. The zero-order valence-electron chi connectivity index (χ0n) is 13.2. The van der Waals surface area contributed by atoms with Crippen molar-refractivity contribution in [2.75, 3.05) is 7.11 Å². The summed E-state index contributed by atoms with van der Waals surface area (Å²) < 4.78 is 10.1. The van der Waals surface area contributed by atoms with Crippen molar-refractivity contribution in [1.29, 1.82) is 0 Å². The van der Waals surface area contributed by atoms with Crippen LogP contribution in [0, 0.1) is 0 Å². The van der Waals surface area contributed by atoms with Gasteiger partial charge in [0.15, 0.2) is 11.5 Å². The predicted molar refractivity (Wildman–Crippen MR) is 89.6 cm³/mol. The minimum atomic E-state index is -1.31. The Morgan fingerprint density at radius 3 is 2.24 bits per heavy atom. The first kappa shape index (κ1) is 16.3. The van der Waals surface area contributed by atoms with Gasteiger partial charge < -0.3 is 19.7 Å². The molecule has 0 fully saturated rings. The van der Waals surface area contributed by atoms with E-state index in [1.54, 1.807) is 54.6 Å². The molecular weight excluding hydrogens is 324 g/mol. The number of cyclic esters (lactones) is 1. The highest BCUT2D eigenvalue weighted by Gasteiger charge is 2.35. The SMILES string of the molecule is COc1ccc(C2=C(O)/C(=C(\C(=O)O)c3ccccc3)OC2=O)cc1. The summed E-state index contributed by atoms with van der Waals surface area (Å²) in [4.78, 5) is 23.9. The van der Waals surface area contributed by atoms with E-state index in [0.717, 1.165) is 0 Å². The Bertz CT molecular complexity index is 891. The van der Waals surface area contributed by atoms with Gasteiger partial charge in [0.1, 0.15) is 16.9 Å². The lowest BCUT2D eigenvalue weighted by molar-refractivity contribution is -0.131. The molecule has 3 rings (SSSR count). The largest absolute Gasteiger partial charge is 0.504 e. The van der Waals surface area contributed by atoms with Crippen LogP contribution in [0.15, 0.2) is 66.1 Å². The number of aliphatic carboxylic acids is 1. The van der Waals surface area contributed by atoms with Gasteiger partial charge in [0.2, 0.25) is 0 Å². The van der Waals surface area contributed by atoms with Gasteiger partial charge in [-0.2, -0.15) is 0 Å². The molecule has 0 bridgehead atoms. The molecule has 0 atom stereocenters. The van der Waals surface area contributed by atoms with Gasteiger partial charge in [0.05, 0.1) is 7.11 Å². The van der Waals surface area contributed by atoms with E-state index in [4.69, 9.17) is 9.47 Å². The van der Waals surface area contributed by atoms with E-state index in [9.17, 15) is 19.8 Å². The molecule has 0 radical (unpaired) electrons. The molecule has 2 aromatic carbocycles. The maximum atomic E-state index is 12.2. The third-order valence-corrected chi connectivity index (χ3v) is 3.73. The van der Waals surface area contributed by atoms with Crippen molar-refractivity contribution in [2.24, 2.45) is 0 Å². The van der Waals surface area contributed by atoms with Gasteiger partial charge in [-0.3, -0.25) is 0 Å². The summed E-state index contributed by atoms with van der Waals surface area (Å²) in [5.74, 6) is -2.41. The van der Waals surface area contributed by atoms with Gasteiger partial charge >= 0.3 is 11.9 Å². The van der Waals surface area contributed by atoms with Crippen LogP contribution in [0.1, 0.15) is 11.1 Å². The first-order chi connectivity index (χ1) is 12.0. The smallest absolute Gasteiger partial charge is 0.348 e. The van der Waals surface area contributed by atoms with E-state index in [1.165, 1.54) is 7.11 Å². The summed E-state index contributed by atoms with van der Waals surface area (Å²) in [6, 6.07) is 14.6. The van der Waals surface area contributed by atoms with Crippen molar-refractivity contribution in [3.05, 3.63) is 77.2 Å². The minimum absolute atomic E-state index is 0.0904. The molecule has 2 aromatic rings. The summed E-state index contributed by atoms with van der Waals surface area (Å²) in [6.07, 6.45) is 0. The number of hydrogen-bond acceptors (Lipinski definition) is 5. The Kier molecular flexibility index (Phi) is 4.26. The quantitative estimate of drug-likeness (QED) is 0.657. The van der Waals surface area contributed by atoms with Crippen LogP contribution in [0.2, 0.25) is 0 Å². The lowest BCUT2D eigenvalue weighted by Gasteiger charge is -2.06. The number of benzene rings is 2. The molecule has 6 nitrogen and oxygen atoms in total. The van der Waals surface area contributed by atoms with Crippen LogP contribution < -0.4 is 4.74 Å². The van der Waals surface area contributed by atoms with Gasteiger partial charge in [-0.1, -0.05) is 42.5 Å². The van der Waals surface area contributed by atoms with Crippen LogP contribution in [-0.4, -0.2) is 29.3 Å². The first-order valence-electron chi connectivity index (χ1n) is 7.36. The van der Waals surface area contributed by atoms with Crippen LogP contribution in [0.4, 0.5) is 0 Å². The Labute approximate surface area is 143 Å². The summed E-state index contributed by atoms with van der Waals surface area (Å²) in [5.41, 5.74) is 0.346. The van der Waals surface area contributed by atoms with Crippen LogP contribution in [0.25, 0.3) is 11.1 Å². The second kappa shape index (κ2) is 6.52. The number of carboxylic acid groups (broad SMARTS) is 1. The van der Waals surface area contributed by atoms with E-state index < -0.39 is 17.7 Å². The number of methoxy groups -OCH3 is 1. The second-order valence-corrected chi connectivity index (χ2v) is 5.22. The van der Waals surface area contributed by atoms with Gasteiger partial charge in [0.25, 0.3) is 0 Å². The van der Waals surface area contributed by atoms with E-state index in [-0.39, 0.29) is 16.9 Å². The highest BCUT2D eigenvalue weighted by atomic mass is 16.6. The molecule has 1 aliphatic rings. The maximum Gasteiger partial charge on any atom is 0.348 e. The highest BCUT2D eigenvalue weighted by Crippen LogP contribution is 2.36. The van der Waals surface area contributed by atoms with Gasteiger partial charge in [-0.25, -0.2) is 9.59 Å². The summed E-state index contributed by atoms with van der Waals surface area (Å²) >= 11 is 0. The van der Waals surface area contributed by atoms with Gasteiger partial charge in [-0.05, 0) is 23.3 Å². The lowest BCUT2D eigenvalue weighted by Crippen LogP contribution is -2.06. The fourth-order valence-electron chi connectivity index (χ4n) is 2.54. The number of hydrogen-bond donors (Lipinski definition) is 2. The molecule has 1 aliphatic heterocycles. The third kappa shape index (κ3) is 2.97. The van der Waals surface area contributed by atoms with Crippen molar-refractivity contribution in [3.8, 4) is 5.75 Å². The van der Waals surface area contributed by atoms with Crippen LogP contribution in [0.3, 0.4) is 0 Å². The molecule has 0 amide bonds. The van der Waals surface area contributed by atoms with E-state index in [1.807, 2.05) is 0 Å². The molecule has 0 saturated carbocycles. The fraction of sp³-hybridized carbons (Fsp3) is 0.0526. The highest BCUT2D eigenvalue weighted by molar-refractivity contribution is 6.25. The predicted octanol–water partition coefficient (Wildman–Crippen LogP) is 3.02. The Morgan fingerprint density at radius 1 is 1.04 bits per heavy atom. The molecule has 25 heavy (non-hydrogen) atoms. The molecule has 2 N–H and O–H groups in total. The normalized spacial score (nSPS) is 15.8. The molecule has 126 valence electrons. The molecule has 0 spiro atoms. The number of carboxylic acids is 1. The number of rotatable bonds is 4. The second-order valence-electron chi connectivity index (χ2n) is 5.22. The maximum absolute atomic E-state index is 12.2.